The normalized spacial score (nSPS) is 12.8. The lowest BCUT2D eigenvalue weighted by atomic mass is 10.2. The van der Waals surface area contributed by atoms with Gasteiger partial charge < -0.3 is 0 Å². The number of carbonyl (C=O) groups excluding carboxylic acids is 1. The van der Waals surface area contributed by atoms with E-state index < -0.39 is 21.0 Å². The minimum absolute atomic E-state index is 0.197. The van der Waals surface area contributed by atoms with Crippen molar-refractivity contribution in [2.24, 2.45) is 0 Å². The van der Waals surface area contributed by atoms with Crippen molar-refractivity contribution in [1.82, 2.24) is 10.2 Å². The number of aromatic nitrogens is 2. The molecular formula is C14H16BrN3O3S2. The van der Waals surface area contributed by atoms with Gasteiger partial charge in [0.25, 0.3) is 0 Å². The molecule has 2 rings (SSSR count). The van der Waals surface area contributed by atoms with Crippen molar-refractivity contribution in [2.45, 2.75) is 31.3 Å². The van der Waals surface area contributed by atoms with E-state index in [1.165, 1.54) is 18.3 Å². The van der Waals surface area contributed by atoms with Crippen LogP contribution in [0.5, 0.6) is 0 Å². The van der Waals surface area contributed by atoms with Gasteiger partial charge in [-0.25, -0.2) is 8.42 Å². The highest BCUT2D eigenvalue weighted by molar-refractivity contribution is 9.10. The number of anilines is 1. The molecule has 1 N–H and O–H groups in total. The Morgan fingerprint density at radius 3 is 2.74 bits per heavy atom. The number of sulfone groups is 1. The molecule has 0 bridgehead atoms. The number of nitrogens with zero attached hydrogens (tertiary/aromatic N) is 2. The SMILES string of the molecule is CCc1nnc(NC(=O)[C@H](C)S(=O)(=O)Cc2cccc(Br)c2)s1. The molecule has 0 spiro atoms. The van der Waals surface area contributed by atoms with Crippen molar-refractivity contribution < 1.29 is 13.2 Å². The van der Waals surface area contributed by atoms with Gasteiger partial charge in [-0.3, -0.25) is 10.1 Å². The highest BCUT2D eigenvalue weighted by atomic mass is 79.9. The number of hydrogen-bond acceptors (Lipinski definition) is 6. The van der Waals surface area contributed by atoms with Crippen molar-refractivity contribution >= 4 is 48.1 Å². The fourth-order valence-electron chi connectivity index (χ4n) is 1.80. The van der Waals surface area contributed by atoms with Gasteiger partial charge in [-0.1, -0.05) is 46.3 Å². The molecule has 1 atom stereocenters. The first-order valence-corrected chi connectivity index (χ1v) is 10.2. The second-order valence-electron chi connectivity index (χ2n) is 4.92. The van der Waals surface area contributed by atoms with Crippen LogP contribution in [0, 0.1) is 0 Å². The minimum Gasteiger partial charge on any atom is -0.299 e. The lowest BCUT2D eigenvalue weighted by Crippen LogP contribution is -2.33. The fourth-order valence-corrected chi connectivity index (χ4v) is 4.21. The van der Waals surface area contributed by atoms with E-state index in [0.29, 0.717) is 17.1 Å². The molecule has 0 aliphatic heterocycles. The third-order valence-corrected chi connectivity index (χ3v) is 6.67. The maximum absolute atomic E-state index is 12.4. The van der Waals surface area contributed by atoms with E-state index in [1.807, 2.05) is 13.0 Å². The average molecular weight is 418 g/mol. The second kappa shape index (κ2) is 7.50. The van der Waals surface area contributed by atoms with Crippen LogP contribution < -0.4 is 5.32 Å². The Labute approximate surface area is 147 Å². The molecule has 0 unspecified atom stereocenters. The van der Waals surface area contributed by atoms with Crippen molar-refractivity contribution in [3.63, 3.8) is 0 Å². The summed E-state index contributed by atoms with van der Waals surface area (Å²) in [5, 5.41) is 10.2. The monoisotopic (exact) mass is 417 g/mol. The second-order valence-corrected chi connectivity index (χ2v) is 9.22. The van der Waals surface area contributed by atoms with Crippen LogP contribution in [0.3, 0.4) is 0 Å². The van der Waals surface area contributed by atoms with Crippen LogP contribution in [0.15, 0.2) is 28.7 Å². The lowest BCUT2D eigenvalue weighted by molar-refractivity contribution is -0.115. The number of carbonyl (C=O) groups is 1. The Hall–Kier alpha value is -1.32. The lowest BCUT2D eigenvalue weighted by Gasteiger charge is -2.12. The van der Waals surface area contributed by atoms with Gasteiger partial charge in [0.1, 0.15) is 10.3 Å². The first-order chi connectivity index (χ1) is 10.8. The standard InChI is InChI=1S/C14H16BrN3O3S2/c1-3-12-17-18-14(22-12)16-13(19)9(2)23(20,21)8-10-5-4-6-11(15)7-10/h4-7,9H,3,8H2,1-2H3,(H,16,18,19)/t9-/m0/s1. The van der Waals surface area contributed by atoms with Gasteiger partial charge in [0, 0.05) is 4.47 Å². The summed E-state index contributed by atoms with van der Waals surface area (Å²) in [6.45, 7) is 3.31. The van der Waals surface area contributed by atoms with E-state index in [9.17, 15) is 13.2 Å². The van der Waals surface area contributed by atoms with Crippen LogP contribution in [0.25, 0.3) is 0 Å². The highest BCUT2D eigenvalue weighted by Gasteiger charge is 2.29. The molecule has 1 amide bonds. The van der Waals surface area contributed by atoms with Gasteiger partial charge in [-0.05, 0) is 31.0 Å². The van der Waals surface area contributed by atoms with Crippen LogP contribution in [-0.2, 0) is 26.8 Å². The van der Waals surface area contributed by atoms with E-state index >= 15 is 0 Å². The molecule has 1 heterocycles. The molecular weight excluding hydrogens is 402 g/mol. The van der Waals surface area contributed by atoms with E-state index in [-0.39, 0.29) is 5.75 Å². The molecule has 0 radical (unpaired) electrons. The largest absolute Gasteiger partial charge is 0.299 e. The zero-order chi connectivity index (χ0) is 17.0. The molecule has 23 heavy (non-hydrogen) atoms. The molecule has 0 fully saturated rings. The highest BCUT2D eigenvalue weighted by Crippen LogP contribution is 2.19. The number of benzene rings is 1. The maximum atomic E-state index is 12.4. The molecule has 9 heteroatoms. The molecule has 1 aromatic heterocycles. The number of nitrogens with one attached hydrogen (secondary N) is 1. The van der Waals surface area contributed by atoms with Crippen molar-refractivity contribution in [3.8, 4) is 0 Å². The minimum atomic E-state index is -3.62. The topological polar surface area (TPSA) is 89.0 Å². The molecule has 2 aromatic rings. The summed E-state index contributed by atoms with van der Waals surface area (Å²) in [5.74, 6) is -0.795. The third-order valence-electron chi connectivity index (χ3n) is 3.16. The van der Waals surface area contributed by atoms with Gasteiger partial charge in [0.05, 0.1) is 5.75 Å². The molecule has 1 aromatic carbocycles. The first-order valence-electron chi connectivity index (χ1n) is 6.91. The smallest absolute Gasteiger partial charge is 0.244 e. The Balaban J connectivity index is 2.07. The van der Waals surface area contributed by atoms with Crippen molar-refractivity contribution in [1.29, 1.82) is 0 Å². The predicted molar refractivity (Wildman–Crippen MR) is 94.1 cm³/mol. The third kappa shape index (κ3) is 4.82. The first kappa shape index (κ1) is 18.0. The summed E-state index contributed by atoms with van der Waals surface area (Å²) in [7, 11) is -3.62. The zero-order valence-electron chi connectivity index (χ0n) is 12.6. The van der Waals surface area contributed by atoms with Crippen molar-refractivity contribution in [3.05, 3.63) is 39.3 Å². The number of amides is 1. The van der Waals surface area contributed by atoms with E-state index in [1.54, 1.807) is 18.2 Å². The fraction of sp³-hybridized carbons (Fsp3) is 0.357. The van der Waals surface area contributed by atoms with Crippen molar-refractivity contribution in [2.75, 3.05) is 5.32 Å². The Kier molecular flexibility index (Phi) is 5.88. The van der Waals surface area contributed by atoms with Crippen LogP contribution in [0.4, 0.5) is 5.13 Å². The number of aryl methyl sites for hydroxylation is 1. The van der Waals surface area contributed by atoms with Crippen LogP contribution in [-0.4, -0.2) is 29.8 Å². The molecule has 124 valence electrons. The van der Waals surface area contributed by atoms with Gasteiger partial charge in [-0.2, -0.15) is 0 Å². The number of hydrogen-bond donors (Lipinski definition) is 1. The summed E-state index contributed by atoms with van der Waals surface area (Å²) in [6.07, 6.45) is 0.713. The Bertz CT molecular complexity index is 805. The summed E-state index contributed by atoms with van der Waals surface area (Å²) in [5.41, 5.74) is 0.628. The summed E-state index contributed by atoms with van der Waals surface area (Å²) in [4.78, 5) is 12.2. The molecule has 6 nitrogen and oxygen atoms in total. The van der Waals surface area contributed by atoms with Gasteiger partial charge in [0.15, 0.2) is 9.84 Å². The zero-order valence-corrected chi connectivity index (χ0v) is 15.8. The van der Waals surface area contributed by atoms with Crippen LogP contribution >= 0.6 is 27.3 Å². The van der Waals surface area contributed by atoms with Gasteiger partial charge >= 0.3 is 0 Å². The quantitative estimate of drug-likeness (QED) is 0.780. The maximum Gasteiger partial charge on any atom is 0.244 e. The van der Waals surface area contributed by atoms with E-state index in [0.717, 1.165) is 9.48 Å². The number of halogens is 1. The number of rotatable bonds is 6. The predicted octanol–water partition coefficient (Wildman–Crippen LogP) is 2.81. The summed E-state index contributed by atoms with van der Waals surface area (Å²) >= 11 is 4.54. The van der Waals surface area contributed by atoms with Gasteiger partial charge in [-0.15, -0.1) is 10.2 Å². The van der Waals surface area contributed by atoms with Crippen LogP contribution in [0.1, 0.15) is 24.4 Å². The van der Waals surface area contributed by atoms with E-state index in [2.05, 4.69) is 31.4 Å². The van der Waals surface area contributed by atoms with E-state index in [4.69, 9.17) is 0 Å². The molecule has 0 saturated carbocycles. The average Bonchev–Trinajstić information content (AvgIpc) is 2.93. The van der Waals surface area contributed by atoms with Gasteiger partial charge in [0.2, 0.25) is 11.0 Å². The molecule has 0 aliphatic carbocycles. The summed E-state index contributed by atoms with van der Waals surface area (Å²) < 4.78 is 25.6. The molecule has 0 aliphatic rings. The Morgan fingerprint density at radius 2 is 2.13 bits per heavy atom. The Morgan fingerprint density at radius 1 is 1.39 bits per heavy atom. The summed E-state index contributed by atoms with van der Waals surface area (Å²) in [6, 6.07) is 7.01. The molecule has 0 saturated heterocycles. The van der Waals surface area contributed by atoms with Crippen LogP contribution in [0.2, 0.25) is 0 Å².